The first kappa shape index (κ1) is 20.3. The zero-order valence-corrected chi connectivity index (χ0v) is 18.5. The molecule has 4 aromatic heterocycles. The molecule has 0 saturated carbocycles. The van der Waals surface area contributed by atoms with E-state index < -0.39 is 0 Å². The van der Waals surface area contributed by atoms with Crippen LogP contribution in [0.2, 0.25) is 0 Å². The van der Waals surface area contributed by atoms with Crippen molar-refractivity contribution in [3.8, 4) is 0 Å². The molecule has 8 nitrogen and oxygen atoms in total. The molecule has 1 amide bonds. The molecule has 0 radical (unpaired) electrons. The number of nitrogens with zero attached hydrogens (tertiary/aromatic N) is 6. The van der Waals surface area contributed by atoms with Crippen LogP contribution in [0, 0.1) is 6.92 Å². The van der Waals surface area contributed by atoms with Gasteiger partial charge in [-0.25, -0.2) is 9.97 Å². The molecule has 1 saturated heterocycles. The number of piperazine rings is 1. The lowest BCUT2D eigenvalue weighted by molar-refractivity contribution is 0.0745. The van der Waals surface area contributed by atoms with Crippen molar-refractivity contribution in [2.24, 2.45) is 0 Å². The number of aryl methyl sites for hydroxylation is 1. The summed E-state index contributed by atoms with van der Waals surface area (Å²) >= 11 is 1.61. The van der Waals surface area contributed by atoms with Crippen molar-refractivity contribution in [1.29, 1.82) is 0 Å². The molecule has 0 N–H and O–H groups in total. The SMILES string of the molecule is Cc1nc2ccn(Cc3cccs3)c(=O)c2cc1C(=O)N1CCN(c2ncccn2)CC1. The Kier molecular flexibility index (Phi) is 5.40. The van der Waals surface area contributed by atoms with Crippen molar-refractivity contribution in [3.05, 3.63) is 80.8 Å². The van der Waals surface area contributed by atoms with Gasteiger partial charge in [-0.2, -0.15) is 0 Å². The number of rotatable bonds is 4. The van der Waals surface area contributed by atoms with Gasteiger partial charge in [-0.05, 0) is 36.6 Å². The molecule has 0 aliphatic carbocycles. The van der Waals surface area contributed by atoms with Crippen molar-refractivity contribution >= 4 is 34.1 Å². The number of carbonyl (C=O) groups is 1. The zero-order chi connectivity index (χ0) is 22.1. The van der Waals surface area contributed by atoms with Crippen LogP contribution in [0.5, 0.6) is 0 Å². The van der Waals surface area contributed by atoms with Crippen molar-refractivity contribution in [2.75, 3.05) is 31.1 Å². The number of pyridine rings is 2. The van der Waals surface area contributed by atoms with Gasteiger partial charge in [-0.3, -0.25) is 14.6 Å². The summed E-state index contributed by atoms with van der Waals surface area (Å²) in [5.41, 5.74) is 1.58. The highest BCUT2D eigenvalue weighted by atomic mass is 32.1. The van der Waals surface area contributed by atoms with Crippen LogP contribution >= 0.6 is 11.3 Å². The Bertz CT molecular complexity index is 1310. The molecule has 162 valence electrons. The lowest BCUT2D eigenvalue weighted by Crippen LogP contribution is -2.49. The van der Waals surface area contributed by atoms with Crippen LogP contribution in [-0.2, 0) is 6.54 Å². The van der Waals surface area contributed by atoms with Gasteiger partial charge in [0, 0.05) is 49.6 Å². The molecule has 0 atom stereocenters. The largest absolute Gasteiger partial charge is 0.337 e. The molecule has 32 heavy (non-hydrogen) atoms. The van der Waals surface area contributed by atoms with Crippen LogP contribution in [0.25, 0.3) is 10.9 Å². The highest BCUT2D eigenvalue weighted by Crippen LogP contribution is 2.18. The minimum Gasteiger partial charge on any atom is -0.337 e. The van der Waals surface area contributed by atoms with Gasteiger partial charge < -0.3 is 14.4 Å². The summed E-state index contributed by atoms with van der Waals surface area (Å²) in [7, 11) is 0. The average molecular weight is 447 g/mol. The maximum atomic E-state index is 13.3. The lowest BCUT2D eigenvalue weighted by Gasteiger charge is -2.34. The van der Waals surface area contributed by atoms with Gasteiger partial charge >= 0.3 is 0 Å². The summed E-state index contributed by atoms with van der Waals surface area (Å²) in [4.78, 5) is 44.5. The van der Waals surface area contributed by atoms with E-state index in [-0.39, 0.29) is 11.5 Å². The molecule has 1 aliphatic rings. The van der Waals surface area contributed by atoms with E-state index >= 15 is 0 Å². The second kappa shape index (κ2) is 8.51. The van der Waals surface area contributed by atoms with Gasteiger partial charge in [0.1, 0.15) is 0 Å². The van der Waals surface area contributed by atoms with Gasteiger partial charge in [-0.15, -0.1) is 11.3 Å². The fourth-order valence-electron chi connectivity index (χ4n) is 3.95. The Hall–Kier alpha value is -3.59. The number of hydrogen-bond acceptors (Lipinski definition) is 7. The third-order valence-corrected chi connectivity index (χ3v) is 6.55. The van der Waals surface area contributed by atoms with Crippen LogP contribution in [0.3, 0.4) is 0 Å². The van der Waals surface area contributed by atoms with Gasteiger partial charge in [0.15, 0.2) is 0 Å². The molecular weight excluding hydrogens is 424 g/mol. The Morgan fingerprint density at radius 1 is 1.09 bits per heavy atom. The van der Waals surface area contributed by atoms with Crippen LogP contribution in [0.1, 0.15) is 20.9 Å². The smallest absolute Gasteiger partial charge is 0.260 e. The van der Waals surface area contributed by atoms with Crippen LogP contribution in [-0.4, -0.2) is 56.5 Å². The molecule has 0 unspecified atom stereocenters. The molecule has 1 fully saturated rings. The van der Waals surface area contributed by atoms with E-state index in [4.69, 9.17) is 0 Å². The quantitative estimate of drug-likeness (QED) is 0.479. The molecule has 5 heterocycles. The monoisotopic (exact) mass is 446 g/mol. The molecule has 4 aromatic rings. The first-order valence-electron chi connectivity index (χ1n) is 10.4. The van der Waals surface area contributed by atoms with Crippen molar-refractivity contribution in [3.63, 3.8) is 0 Å². The highest BCUT2D eigenvalue weighted by Gasteiger charge is 2.25. The van der Waals surface area contributed by atoms with E-state index in [0.29, 0.717) is 60.8 Å². The number of thiophene rings is 1. The lowest BCUT2D eigenvalue weighted by atomic mass is 10.1. The number of fused-ring (bicyclic) bond motifs is 1. The Morgan fingerprint density at radius 3 is 2.59 bits per heavy atom. The Balaban J connectivity index is 1.39. The molecule has 9 heteroatoms. The summed E-state index contributed by atoms with van der Waals surface area (Å²) in [6, 6.07) is 9.30. The third kappa shape index (κ3) is 3.87. The summed E-state index contributed by atoms with van der Waals surface area (Å²) in [6.45, 7) is 4.76. The second-order valence-electron chi connectivity index (χ2n) is 7.71. The van der Waals surface area contributed by atoms with Gasteiger partial charge in [0.2, 0.25) is 5.95 Å². The number of anilines is 1. The summed E-state index contributed by atoms with van der Waals surface area (Å²) in [6.07, 6.45) is 5.20. The predicted molar refractivity (Wildman–Crippen MR) is 124 cm³/mol. The minimum absolute atomic E-state index is 0.0985. The predicted octanol–water partition coefficient (Wildman–Crippen LogP) is 2.57. The maximum Gasteiger partial charge on any atom is 0.260 e. The highest BCUT2D eigenvalue weighted by molar-refractivity contribution is 7.09. The van der Waals surface area contributed by atoms with E-state index in [2.05, 4.69) is 19.9 Å². The number of hydrogen-bond donors (Lipinski definition) is 0. The molecule has 0 bridgehead atoms. The minimum atomic E-state index is -0.136. The second-order valence-corrected chi connectivity index (χ2v) is 8.74. The topological polar surface area (TPSA) is 84.2 Å². The zero-order valence-electron chi connectivity index (χ0n) is 17.6. The molecule has 0 aromatic carbocycles. The fourth-order valence-corrected chi connectivity index (χ4v) is 4.65. The number of carbonyl (C=O) groups excluding carboxylic acids is 1. The first-order valence-corrected chi connectivity index (χ1v) is 11.3. The van der Waals surface area contributed by atoms with Crippen LogP contribution in [0.4, 0.5) is 5.95 Å². The summed E-state index contributed by atoms with van der Waals surface area (Å²) < 4.78 is 1.66. The summed E-state index contributed by atoms with van der Waals surface area (Å²) in [5, 5.41) is 2.46. The van der Waals surface area contributed by atoms with E-state index in [9.17, 15) is 9.59 Å². The number of aromatic nitrogens is 4. The van der Waals surface area contributed by atoms with Crippen molar-refractivity contribution < 1.29 is 4.79 Å². The van der Waals surface area contributed by atoms with Crippen molar-refractivity contribution in [2.45, 2.75) is 13.5 Å². The van der Waals surface area contributed by atoms with Crippen molar-refractivity contribution in [1.82, 2.24) is 24.4 Å². The van der Waals surface area contributed by atoms with E-state index in [0.717, 1.165) is 4.88 Å². The van der Waals surface area contributed by atoms with E-state index in [1.54, 1.807) is 46.6 Å². The summed E-state index contributed by atoms with van der Waals surface area (Å²) in [5.74, 6) is 0.577. The molecule has 0 spiro atoms. The average Bonchev–Trinajstić information content (AvgIpc) is 3.34. The van der Waals surface area contributed by atoms with E-state index in [1.165, 1.54) is 0 Å². The first-order chi connectivity index (χ1) is 15.6. The molecular formula is C23H22N6O2S. The van der Waals surface area contributed by atoms with Crippen LogP contribution in [0.15, 0.2) is 59.1 Å². The Morgan fingerprint density at radius 2 is 1.88 bits per heavy atom. The molecule has 5 rings (SSSR count). The fraction of sp³-hybridized carbons (Fsp3) is 0.261. The standard InChI is InChI=1S/C23H22N6O2S/c1-16-18(21(30)27-9-11-28(12-10-27)23-24-6-3-7-25-23)14-19-20(26-16)5-8-29(22(19)31)15-17-4-2-13-32-17/h2-8,13-14H,9-12,15H2,1H3. The van der Waals surface area contributed by atoms with Gasteiger partial charge in [0.05, 0.1) is 28.7 Å². The number of amides is 1. The Labute approximate surface area is 188 Å². The normalized spacial score (nSPS) is 14.2. The van der Waals surface area contributed by atoms with Gasteiger partial charge in [-0.1, -0.05) is 6.07 Å². The molecule has 1 aliphatic heterocycles. The van der Waals surface area contributed by atoms with Crippen LogP contribution < -0.4 is 10.5 Å². The van der Waals surface area contributed by atoms with E-state index in [1.807, 2.05) is 35.4 Å². The van der Waals surface area contributed by atoms with Gasteiger partial charge in [0.25, 0.3) is 11.5 Å². The maximum absolute atomic E-state index is 13.3. The third-order valence-electron chi connectivity index (χ3n) is 5.68.